The predicted octanol–water partition coefficient (Wildman–Crippen LogP) is 4.86. The molecule has 1 heterocycles. The topological polar surface area (TPSA) is 43.8 Å². The lowest BCUT2D eigenvalue weighted by Crippen LogP contribution is -2.00. The van der Waals surface area contributed by atoms with E-state index in [-0.39, 0.29) is 0 Å². The Kier molecular flexibility index (Phi) is 5.13. The van der Waals surface area contributed by atoms with E-state index in [4.69, 9.17) is 28.9 Å². The van der Waals surface area contributed by atoms with Crippen LogP contribution in [0.25, 0.3) is 5.16 Å². The molecule has 6 heteroatoms. The van der Waals surface area contributed by atoms with Crippen LogP contribution in [0.5, 0.6) is 0 Å². The number of rotatable bonds is 4. The summed E-state index contributed by atoms with van der Waals surface area (Å²) >= 11 is 15.7. The highest BCUT2D eigenvalue weighted by Crippen LogP contribution is 2.25. The van der Waals surface area contributed by atoms with Gasteiger partial charge in [0, 0.05) is 5.02 Å². The maximum Gasteiger partial charge on any atom is 0.142 e. The summed E-state index contributed by atoms with van der Waals surface area (Å²) in [6.07, 6.45) is 5.09. The quantitative estimate of drug-likeness (QED) is 0.830. The molecule has 0 aliphatic carbocycles. The summed E-state index contributed by atoms with van der Waals surface area (Å²) < 4.78 is 2.22. The second-order valence-corrected chi connectivity index (χ2v) is 6.04. The molecule has 0 fully saturated rings. The molecule has 0 saturated carbocycles. The van der Waals surface area contributed by atoms with E-state index in [1.165, 1.54) is 10.2 Å². The van der Waals surface area contributed by atoms with E-state index in [1.807, 2.05) is 18.2 Å². The minimum absolute atomic E-state index is 0.484. The van der Waals surface area contributed by atoms with Gasteiger partial charge < -0.3 is 5.73 Å². The van der Waals surface area contributed by atoms with Gasteiger partial charge in [-0.3, -0.25) is 0 Å². The molecule has 20 heavy (non-hydrogen) atoms. The summed E-state index contributed by atoms with van der Waals surface area (Å²) in [4.78, 5) is 0. The van der Waals surface area contributed by atoms with Gasteiger partial charge in [0.15, 0.2) is 0 Å². The van der Waals surface area contributed by atoms with E-state index < -0.39 is 0 Å². The van der Waals surface area contributed by atoms with Gasteiger partial charge in [0.2, 0.25) is 0 Å². The standard InChI is InChI=1S/C14H14BrCl2N3/c1-9-4-2-6-12(16)10(9)5-3-7-13(17)20-14(18)11(15)8-19-20/h2,4,6-8H,3,5,18H2,1H3/b13-7-. The number of hydrogen-bond acceptors (Lipinski definition) is 2. The maximum atomic E-state index is 6.20. The molecule has 0 amide bonds. The summed E-state index contributed by atoms with van der Waals surface area (Å²) in [7, 11) is 0. The fraction of sp³-hybridized carbons (Fsp3) is 0.214. The van der Waals surface area contributed by atoms with Gasteiger partial charge in [-0.1, -0.05) is 35.3 Å². The fourth-order valence-electron chi connectivity index (χ4n) is 1.91. The van der Waals surface area contributed by atoms with E-state index in [0.717, 1.165) is 27.9 Å². The monoisotopic (exact) mass is 373 g/mol. The molecule has 0 saturated heterocycles. The second kappa shape index (κ2) is 6.66. The Morgan fingerprint density at radius 3 is 2.85 bits per heavy atom. The van der Waals surface area contributed by atoms with Crippen molar-refractivity contribution in [3.05, 3.63) is 51.1 Å². The molecular formula is C14H14BrCl2N3. The Morgan fingerprint density at radius 2 is 2.25 bits per heavy atom. The molecule has 0 unspecified atom stereocenters. The lowest BCUT2D eigenvalue weighted by Gasteiger charge is -2.07. The van der Waals surface area contributed by atoms with Crippen molar-refractivity contribution in [2.45, 2.75) is 19.8 Å². The number of aromatic nitrogens is 2. The SMILES string of the molecule is Cc1cccc(Cl)c1CC/C=C(/Cl)n1ncc(Br)c1N. The molecule has 0 radical (unpaired) electrons. The van der Waals surface area contributed by atoms with E-state index in [2.05, 4.69) is 34.0 Å². The minimum Gasteiger partial charge on any atom is -0.383 e. The summed E-state index contributed by atoms with van der Waals surface area (Å²) in [5, 5.41) is 5.37. The molecule has 106 valence electrons. The van der Waals surface area contributed by atoms with Crippen LogP contribution in [0.2, 0.25) is 5.02 Å². The Morgan fingerprint density at radius 1 is 1.50 bits per heavy atom. The molecule has 0 spiro atoms. The van der Waals surface area contributed by atoms with Gasteiger partial charge in [0.1, 0.15) is 11.0 Å². The van der Waals surface area contributed by atoms with Crippen LogP contribution in [-0.4, -0.2) is 9.78 Å². The van der Waals surface area contributed by atoms with Gasteiger partial charge in [-0.15, -0.1) is 0 Å². The zero-order chi connectivity index (χ0) is 14.7. The van der Waals surface area contributed by atoms with Gasteiger partial charge in [-0.05, 0) is 59.0 Å². The van der Waals surface area contributed by atoms with Crippen molar-refractivity contribution >= 4 is 50.1 Å². The molecule has 0 aliphatic rings. The summed E-state index contributed by atoms with van der Waals surface area (Å²) in [5.41, 5.74) is 8.17. The second-order valence-electron chi connectivity index (χ2n) is 4.39. The number of nitrogen functional groups attached to an aromatic ring is 1. The number of allylic oxidation sites excluding steroid dienone is 1. The van der Waals surface area contributed by atoms with Crippen LogP contribution in [0, 0.1) is 6.92 Å². The van der Waals surface area contributed by atoms with Crippen molar-refractivity contribution in [1.82, 2.24) is 9.78 Å². The largest absolute Gasteiger partial charge is 0.383 e. The number of benzene rings is 1. The third-order valence-electron chi connectivity index (χ3n) is 3.02. The third kappa shape index (κ3) is 3.37. The molecule has 0 aliphatic heterocycles. The highest BCUT2D eigenvalue weighted by atomic mass is 79.9. The molecule has 3 nitrogen and oxygen atoms in total. The first-order valence-electron chi connectivity index (χ1n) is 6.09. The first-order valence-corrected chi connectivity index (χ1v) is 7.64. The van der Waals surface area contributed by atoms with E-state index >= 15 is 0 Å². The first kappa shape index (κ1) is 15.4. The van der Waals surface area contributed by atoms with Crippen LogP contribution in [0.3, 0.4) is 0 Å². The van der Waals surface area contributed by atoms with Crippen molar-refractivity contribution in [2.24, 2.45) is 0 Å². The average molecular weight is 375 g/mol. The van der Waals surface area contributed by atoms with Crippen molar-refractivity contribution in [3.8, 4) is 0 Å². The number of anilines is 1. The van der Waals surface area contributed by atoms with Crippen LogP contribution in [0.15, 0.2) is 34.9 Å². The highest BCUT2D eigenvalue weighted by Gasteiger charge is 2.07. The zero-order valence-corrected chi connectivity index (χ0v) is 14.0. The highest BCUT2D eigenvalue weighted by molar-refractivity contribution is 9.10. The molecule has 0 bridgehead atoms. The van der Waals surface area contributed by atoms with Gasteiger partial charge in [-0.25, -0.2) is 4.68 Å². The number of nitrogens with two attached hydrogens (primary N) is 1. The molecule has 1 aromatic heterocycles. The molecule has 2 rings (SSSR count). The number of aryl methyl sites for hydroxylation is 1. The smallest absolute Gasteiger partial charge is 0.142 e. The first-order chi connectivity index (χ1) is 9.50. The molecular weight excluding hydrogens is 361 g/mol. The Balaban J connectivity index is 2.09. The van der Waals surface area contributed by atoms with Gasteiger partial charge >= 0.3 is 0 Å². The summed E-state index contributed by atoms with van der Waals surface area (Å²) in [6.45, 7) is 2.05. The molecule has 0 atom stereocenters. The number of halogens is 3. The van der Waals surface area contributed by atoms with Gasteiger partial charge in [0.05, 0.1) is 10.7 Å². The molecule has 2 N–H and O–H groups in total. The van der Waals surface area contributed by atoms with Crippen LogP contribution >= 0.6 is 39.1 Å². The fourth-order valence-corrected chi connectivity index (χ4v) is 2.73. The minimum atomic E-state index is 0.484. The van der Waals surface area contributed by atoms with Crippen LogP contribution in [-0.2, 0) is 6.42 Å². The summed E-state index contributed by atoms with van der Waals surface area (Å²) in [5.74, 6) is 0.486. The van der Waals surface area contributed by atoms with Crippen molar-refractivity contribution in [1.29, 1.82) is 0 Å². The lowest BCUT2D eigenvalue weighted by atomic mass is 10.0. The van der Waals surface area contributed by atoms with E-state index in [9.17, 15) is 0 Å². The Hall–Kier alpha value is -0.970. The van der Waals surface area contributed by atoms with Crippen molar-refractivity contribution < 1.29 is 0 Å². The Bertz CT molecular complexity index is 630. The predicted molar refractivity (Wildman–Crippen MR) is 89.0 cm³/mol. The van der Waals surface area contributed by atoms with Gasteiger partial charge in [0.25, 0.3) is 0 Å². The van der Waals surface area contributed by atoms with Crippen molar-refractivity contribution in [3.63, 3.8) is 0 Å². The average Bonchev–Trinajstić information content (AvgIpc) is 2.73. The maximum absolute atomic E-state index is 6.20. The van der Waals surface area contributed by atoms with Crippen LogP contribution < -0.4 is 5.73 Å². The number of hydrogen-bond donors (Lipinski definition) is 1. The lowest BCUT2D eigenvalue weighted by molar-refractivity contribution is 0.917. The Labute approximate surface area is 136 Å². The normalized spacial score (nSPS) is 11.9. The summed E-state index contributed by atoms with van der Waals surface area (Å²) in [6, 6.07) is 5.90. The van der Waals surface area contributed by atoms with Crippen LogP contribution in [0.1, 0.15) is 17.5 Å². The molecule has 1 aromatic carbocycles. The van der Waals surface area contributed by atoms with E-state index in [0.29, 0.717) is 11.0 Å². The van der Waals surface area contributed by atoms with Gasteiger partial charge in [-0.2, -0.15) is 5.10 Å². The third-order valence-corrected chi connectivity index (χ3v) is 4.30. The van der Waals surface area contributed by atoms with Crippen LogP contribution in [0.4, 0.5) is 5.82 Å². The number of nitrogens with zero attached hydrogens (tertiary/aromatic N) is 2. The zero-order valence-electron chi connectivity index (χ0n) is 10.9. The van der Waals surface area contributed by atoms with Crippen molar-refractivity contribution in [2.75, 3.05) is 5.73 Å². The molecule has 2 aromatic rings. The van der Waals surface area contributed by atoms with E-state index in [1.54, 1.807) is 6.20 Å².